The van der Waals surface area contributed by atoms with Crippen molar-refractivity contribution in [3.63, 3.8) is 0 Å². The first kappa shape index (κ1) is 13.5. The number of amides is 1. The average Bonchev–Trinajstić information content (AvgIpc) is 2.42. The van der Waals surface area contributed by atoms with Crippen LogP contribution in [0, 0.1) is 11.3 Å². The van der Waals surface area contributed by atoms with Crippen molar-refractivity contribution < 1.29 is 19.1 Å². The maximum Gasteiger partial charge on any atom is 0.337 e. The summed E-state index contributed by atoms with van der Waals surface area (Å²) >= 11 is 0. The summed E-state index contributed by atoms with van der Waals surface area (Å²) in [5, 5.41) is 10.6. The van der Waals surface area contributed by atoms with E-state index < -0.39 is 5.97 Å². The highest BCUT2D eigenvalue weighted by Gasteiger charge is 2.05. The first-order valence-corrected chi connectivity index (χ1v) is 5.12. The Kier molecular flexibility index (Phi) is 5.19. The molecule has 0 spiro atoms. The van der Waals surface area contributed by atoms with E-state index in [2.05, 4.69) is 10.1 Å². The van der Waals surface area contributed by atoms with Gasteiger partial charge in [0.15, 0.2) is 6.61 Å². The van der Waals surface area contributed by atoms with Crippen LogP contribution in [0.4, 0.5) is 0 Å². The summed E-state index contributed by atoms with van der Waals surface area (Å²) in [6, 6.07) is 7.98. The van der Waals surface area contributed by atoms with Crippen molar-refractivity contribution in [2.75, 3.05) is 20.3 Å². The van der Waals surface area contributed by atoms with Gasteiger partial charge in [0.2, 0.25) is 0 Å². The molecule has 94 valence electrons. The van der Waals surface area contributed by atoms with Crippen molar-refractivity contribution in [2.24, 2.45) is 0 Å². The average molecular weight is 248 g/mol. The van der Waals surface area contributed by atoms with Crippen LogP contribution >= 0.6 is 0 Å². The quantitative estimate of drug-likeness (QED) is 0.605. The maximum atomic E-state index is 11.2. The first-order valence-electron chi connectivity index (χ1n) is 5.12. The van der Waals surface area contributed by atoms with Gasteiger partial charge in [-0.1, -0.05) is 0 Å². The fourth-order valence-electron chi connectivity index (χ4n) is 1.14. The molecule has 0 saturated heterocycles. The number of hydrogen-bond acceptors (Lipinski definition) is 5. The standard InChI is InChI=1S/C12H12N2O4/c1-17-12(16)9-2-4-10(5-3-9)18-8-11(15)14-7-6-13/h2-5H,7-8H2,1H3,(H,14,15). The molecule has 0 saturated carbocycles. The zero-order chi connectivity index (χ0) is 13.4. The Labute approximate surface area is 104 Å². The molecule has 0 bridgehead atoms. The molecule has 0 atom stereocenters. The fourth-order valence-corrected chi connectivity index (χ4v) is 1.14. The van der Waals surface area contributed by atoms with Gasteiger partial charge < -0.3 is 14.8 Å². The minimum absolute atomic E-state index is 0.0521. The van der Waals surface area contributed by atoms with E-state index in [1.807, 2.05) is 0 Å². The molecule has 1 aromatic carbocycles. The van der Waals surface area contributed by atoms with Gasteiger partial charge in [-0.2, -0.15) is 5.26 Å². The van der Waals surface area contributed by atoms with Gasteiger partial charge in [-0.05, 0) is 24.3 Å². The number of carbonyl (C=O) groups is 2. The molecule has 18 heavy (non-hydrogen) atoms. The summed E-state index contributed by atoms with van der Waals surface area (Å²) in [5.41, 5.74) is 0.402. The number of hydrogen-bond donors (Lipinski definition) is 1. The van der Waals surface area contributed by atoms with Gasteiger partial charge in [0.05, 0.1) is 18.7 Å². The van der Waals surface area contributed by atoms with E-state index in [9.17, 15) is 9.59 Å². The molecule has 0 aliphatic rings. The predicted molar refractivity (Wildman–Crippen MR) is 61.9 cm³/mol. The van der Waals surface area contributed by atoms with Crippen LogP contribution in [0.2, 0.25) is 0 Å². The first-order chi connectivity index (χ1) is 8.67. The molecule has 0 aliphatic heterocycles. The lowest BCUT2D eigenvalue weighted by Gasteiger charge is -2.06. The van der Waals surface area contributed by atoms with Crippen molar-refractivity contribution in [3.8, 4) is 11.8 Å². The van der Waals surface area contributed by atoms with Crippen LogP contribution in [-0.4, -0.2) is 32.1 Å². The van der Waals surface area contributed by atoms with Gasteiger partial charge in [-0.15, -0.1) is 0 Å². The Morgan fingerprint density at radius 3 is 2.56 bits per heavy atom. The van der Waals surface area contributed by atoms with Crippen molar-refractivity contribution in [3.05, 3.63) is 29.8 Å². The number of benzene rings is 1. The lowest BCUT2D eigenvalue weighted by molar-refractivity contribution is -0.122. The second-order valence-electron chi connectivity index (χ2n) is 3.24. The molecule has 0 radical (unpaired) electrons. The van der Waals surface area contributed by atoms with Crippen molar-refractivity contribution >= 4 is 11.9 Å². The molecule has 0 unspecified atom stereocenters. The topological polar surface area (TPSA) is 88.4 Å². The molecule has 6 heteroatoms. The second-order valence-corrected chi connectivity index (χ2v) is 3.24. The van der Waals surface area contributed by atoms with Crippen LogP contribution in [-0.2, 0) is 9.53 Å². The highest BCUT2D eigenvalue weighted by atomic mass is 16.5. The summed E-state index contributed by atoms with van der Waals surface area (Å²) in [4.78, 5) is 22.3. The number of ether oxygens (including phenoxy) is 2. The SMILES string of the molecule is COC(=O)c1ccc(OCC(=O)NCC#N)cc1. The summed E-state index contributed by atoms with van der Waals surface area (Å²) < 4.78 is 9.70. The third-order valence-corrected chi connectivity index (χ3v) is 2.01. The van der Waals surface area contributed by atoms with Crippen LogP contribution in [0.1, 0.15) is 10.4 Å². The Balaban J connectivity index is 2.47. The second kappa shape index (κ2) is 6.91. The maximum absolute atomic E-state index is 11.2. The van der Waals surface area contributed by atoms with Crippen molar-refractivity contribution in [1.29, 1.82) is 5.26 Å². The van der Waals surface area contributed by atoms with Crippen LogP contribution < -0.4 is 10.1 Å². The minimum Gasteiger partial charge on any atom is -0.484 e. The Morgan fingerprint density at radius 2 is 2.00 bits per heavy atom. The Morgan fingerprint density at radius 1 is 1.33 bits per heavy atom. The van der Waals surface area contributed by atoms with Crippen LogP contribution in [0.25, 0.3) is 0 Å². The number of carbonyl (C=O) groups excluding carboxylic acids is 2. The number of nitrogens with zero attached hydrogens (tertiary/aromatic N) is 1. The number of rotatable bonds is 5. The van der Waals surface area contributed by atoms with Crippen LogP contribution in [0.3, 0.4) is 0 Å². The van der Waals surface area contributed by atoms with E-state index in [-0.39, 0.29) is 19.1 Å². The molecule has 0 aromatic heterocycles. The van der Waals surface area contributed by atoms with E-state index in [1.165, 1.54) is 19.2 Å². The normalized spacial score (nSPS) is 9.11. The fraction of sp³-hybridized carbons (Fsp3) is 0.250. The van der Waals surface area contributed by atoms with E-state index >= 15 is 0 Å². The highest BCUT2D eigenvalue weighted by molar-refractivity contribution is 5.89. The number of esters is 1. The van der Waals surface area contributed by atoms with Crippen molar-refractivity contribution in [1.82, 2.24) is 5.32 Å². The molecule has 0 heterocycles. The third kappa shape index (κ3) is 4.14. The van der Waals surface area contributed by atoms with E-state index in [0.29, 0.717) is 11.3 Å². The lowest BCUT2D eigenvalue weighted by Crippen LogP contribution is -2.29. The predicted octanol–water partition coefficient (Wildman–Crippen LogP) is 0.492. The van der Waals surface area contributed by atoms with Crippen LogP contribution in [0.5, 0.6) is 5.75 Å². The summed E-state index contributed by atoms with van der Waals surface area (Å²) in [6.07, 6.45) is 0. The third-order valence-electron chi connectivity index (χ3n) is 2.01. The van der Waals surface area contributed by atoms with Crippen LogP contribution in [0.15, 0.2) is 24.3 Å². The number of nitrogens with one attached hydrogen (secondary N) is 1. The molecule has 6 nitrogen and oxygen atoms in total. The molecule has 0 fully saturated rings. The van der Waals surface area contributed by atoms with Gasteiger partial charge in [0.25, 0.3) is 5.91 Å². The van der Waals surface area contributed by atoms with E-state index in [1.54, 1.807) is 18.2 Å². The molecule has 1 rings (SSSR count). The minimum atomic E-state index is -0.437. The van der Waals surface area contributed by atoms with Crippen molar-refractivity contribution in [2.45, 2.75) is 0 Å². The van der Waals surface area contributed by atoms with Gasteiger partial charge in [0.1, 0.15) is 12.3 Å². The number of nitriles is 1. The smallest absolute Gasteiger partial charge is 0.337 e. The molecular weight excluding hydrogens is 236 g/mol. The zero-order valence-electron chi connectivity index (χ0n) is 9.80. The van der Waals surface area contributed by atoms with Gasteiger partial charge in [-0.3, -0.25) is 4.79 Å². The summed E-state index contributed by atoms with van der Waals surface area (Å²) in [6.45, 7) is -0.233. The zero-order valence-corrected chi connectivity index (χ0v) is 9.80. The Hall–Kier alpha value is -2.55. The van der Waals surface area contributed by atoms with E-state index in [0.717, 1.165) is 0 Å². The largest absolute Gasteiger partial charge is 0.484 e. The molecule has 1 amide bonds. The molecule has 1 N–H and O–H groups in total. The van der Waals surface area contributed by atoms with Gasteiger partial charge in [0, 0.05) is 0 Å². The highest BCUT2D eigenvalue weighted by Crippen LogP contribution is 2.12. The number of methoxy groups -OCH3 is 1. The Bertz CT molecular complexity index is 462. The van der Waals surface area contributed by atoms with Gasteiger partial charge in [-0.25, -0.2) is 4.79 Å². The monoisotopic (exact) mass is 248 g/mol. The van der Waals surface area contributed by atoms with Gasteiger partial charge >= 0.3 is 5.97 Å². The molecular formula is C12H12N2O4. The lowest BCUT2D eigenvalue weighted by atomic mass is 10.2. The summed E-state index contributed by atoms with van der Waals surface area (Å²) in [7, 11) is 1.30. The summed E-state index contributed by atoms with van der Waals surface area (Å²) in [5.74, 6) is -0.364. The molecule has 0 aliphatic carbocycles. The molecule has 1 aromatic rings. The van der Waals surface area contributed by atoms with E-state index in [4.69, 9.17) is 10.00 Å².